The van der Waals surface area contributed by atoms with Crippen molar-refractivity contribution in [2.75, 3.05) is 21.3 Å². The van der Waals surface area contributed by atoms with Gasteiger partial charge in [0, 0.05) is 10.8 Å². The second-order valence-electron chi connectivity index (χ2n) is 3.73. The van der Waals surface area contributed by atoms with Gasteiger partial charge in [0.05, 0.1) is 26.9 Å². The van der Waals surface area contributed by atoms with Crippen LogP contribution in [0.2, 0.25) is 0 Å². The van der Waals surface area contributed by atoms with E-state index in [1.807, 2.05) is 18.2 Å². The standard InChI is InChI=1S/C14H14O4/c1-16-10-4-5-11-12(7-10)14(18-3)9(8-15)6-13(11)17-2/h4-8H,1-3H3. The Morgan fingerprint density at radius 1 is 0.944 bits per heavy atom. The third kappa shape index (κ3) is 1.86. The van der Waals surface area contributed by atoms with Crippen LogP contribution < -0.4 is 14.2 Å². The van der Waals surface area contributed by atoms with Crippen LogP contribution >= 0.6 is 0 Å². The molecule has 0 heterocycles. The van der Waals surface area contributed by atoms with Gasteiger partial charge in [-0.15, -0.1) is 0 Å². The average molecular weight is 246 g/mol. The lowest BCUT2D eigenvalue weighted by Crippen LogP contribution is -1.95. The lowest BCUT2D eigenvalue weighted by atomic mass is 10.0. The summed E-state index contributed by atoms with van der Waals surface area (Å²) < 4.78 is 15.8. The lowest BCUT2D eigenvalue weighted by molar-refractivity contribution is 0.112. The molecule has 2 rings (SSSR count). The van der Waals surface area contributed by atoms with Crippen molar-refractivity contribution in [3.63, 3.8) is 0 Å². The van der Waals surface area contributed by atoms with Crippen LogP contribution in [0.25, 0.3) is 10.8 Å². The molecule has 0 saturated heterocycles. The molecule has 0 atom stereocenters. The summed E-state index contributed by atoms with van der Waals surface area (Å²) in [5.41, 5.74) is 0.454. The van der Waals surface area contributed by atoms with E-state index >= 15 is 0 Å². The van der Waals surface area contributed by atoms with Crippen molar-refractivity contribution < 1.29 is 19.0 Å². The second kappa shape index (κ2) is 4.96. The number of benzene rings is 2. The van der Waals surface area contributed by atoms with E-state index in [2.05, 4.69) is 0 Å². The quantitative estimate of drug-likeness (QED) is 0.778. The normalized spacial score (nSPS) is 10.2. The predicted octanol–water partition coefficient (Wildman–Crippen LogP) is 2.68. The number of methoxy groups -OCH3 is 3. The first-order chi connectivity index (χ1) is 8.74. The smallest absolute Gasteiger partial charge is 0.153 e. The van der Waals surface area contributed by atoms with Crippen molar-refractivity contribution in [3.8, 4) is 17.2 Å². The predicted molar refractivity (Wildman–Crippen MR) is 69.0 cm³/mol. The van der Waals surface area contributed by atoms with Crippen LogP contribution in [0.15, 0.2) is 24.3 Å². The fraction of sp³-hybridized carbons (Fsp3) is 0.214. The average Bonchev–Trinajstić information content (AvgIpc) is 2.44. The first-order valence-corrected chi connectivity index (χ1v) is 5.43. The summed E-state index contributed by atoms with van der Waals surface area (Å²) in [7, 11) is 4.70. The number of rotatable bonds is 4. The zero-order valence-electron chi connectivity index (χ0n) is 10.5. The Kier molecular flexibility index (Phi) is 3.37. The van der Waals surface area contributed by atoms with Gasteiger partial charge in [0.1, 0.15) is 17.2 Å². The fourth-order valence-corrected chi connectivity index (χ4v) is 1.98. The van der Waals surface area contributed by atoms with E-state index in [0.29, 0.717) is 22.8 Å². The molecular weight excluding hydrogens is 232 g/mol. The largest absolute Gasteiger partial charge is 0.497 e. The van der Waals surface area contributed by atoms with Crippen LogP contribution in [0.3, 0.4) is 0 Å². The Bertz CT molecular complexity index is 590. The molecule has 94 valence electrons. The van der Waals surface area contributed by atoms with E-state index in [0.717, 1.165) is 17.1 Å². The molecule has 2 aromatic rings. The molecule has 4 heteroatoms. The highest BCUT2D eigenvalue weighted by atomic mass is 16.5. The summed E-state index contributed by atoms with van der Waals surface area (Å²) in [6, 6.07) is 7.21. The van der Waals surface area contributed by atoms with E-state index in [9.17, 15) is 4.79 Å². The van der Waals surface area contributed by atoms with Gasteiger partial charge in [-0.05, 0) is 24.3 Å². The molecule has 0 unspecified atom stereocenters. The highest BCUT2D eigenvalue weighted by Crippen LogP contribution is 2.37. The van der Waals surface area contributed by atoms with Gasteiger partial charge < -0.3 is 14.2 Å². The SMILES string of the molecule is COc1ccc2c(OC)cc(C=O)c(OC)c2c1. The third-order valence-electron chi connectivity index (χ3n) is 2.84. The number of ether oxygens (including phenoxy) is 3. The maximum absolute atomic E-state index is 11.1. The molecule has 2 aromatic carbocycles. The van der Waals surface area contributed by atoms with Gasteiger partial charge in [0.2, 0.25) is 0 Å². The molecule has 0 aromatic heterocycles. The Balaban J connectivity index is 2.86. The zero-order valence-corrected chi connectivity index (χ0v) is 10.5. The van der Waals surface area contributed by atoms with Gasteiger partial charge in [-0.3, -0.25) is 4.79 Å². The molecule has 0 aliphatic rings. The first-order valence-electron chi connectivity index (χ1n) is 5.43. The summed E-state index contributed by atoms with van der Waals surface area (Å²) in [6.45, 7) is 0. The molecule has 0 spiro atoms. The molecule has 0 aliphatic carbocycles. The number of hydrogen-bond acceptors (Lipinski definition) is 4. The molecule has 0 amide bonds. The van der Waals surface area contributed by atoms with Crippen molar-refractivity contribution in [3.05, 3.63) is 29.8 Å². The van der Waals surface area contributed by atoms with Gasteiger partial charge in [-0.2, -0.15) is 0 Å². The van der Waals surface area contributed by atoms with Crippen molar-refractivity contribution in [2.24, 2.45) is 0 Å². The van der Waals surface area contributed by atoms with Crippen LogP contribution in [0.1, 0.15) is 10.4 Å². The van der Waals surface area contributed by atoms with Crippen LogP contribution in [-0.4, -0.2) is 27.6 Å². The Morgan fingerprint density at radius 3 is 2.28 bits per heavy atom. The minimum absolute atomic E-state index is 0.454. The molecule has 0 aliphatic heterocycles. The van der Waals surface area contributed by atoms with E-state index in [-0.39, 0.29) is 0 Å². The third-order valence-corrected chi connectivity index (χ3v) is 2.84. The molecule has 18 heavy (non-hydrogen) atoms. The minimum Gasteiger partial charge on any atom is -0.497 e. The van der Waals surface area contributed by atoms with Crippen molar-refractivity contribution in [2.45, 2.75) is 0 Å². The maximum Gasteiger partial charge on any atom is 0.153 e. The molecule has 0 bridgehead atoms. The summed E-state index contributed by atoms with van der Waals surface area (Å²) in [4.78, 5) is 11.1. The number of aldehydes is 1. The lowest BCUT2D eigenvalue weighted by Gasteiger charge is -2.13. The fourth-order valence-electron chi connectivity index (χ4n) is 1.98. The van der Waals surface area contributed by atoms with Crippen molar-refractivity contribution in [1.82, 2.24) is 0 Å². The summed E-state index contributed by atoms with van der Waals surface area (Å²) in [6.07, 6.45) is 0.750. The van der Waals surface area contributed by atoms with Crippen LogP contribution in [-0.2, 0) is 0 Å². The molecular formula is C14H14O4. The van der Waals surface area contributed by atoms with E-state index in [4.69, 9.17) is 14.2 Å². The highest BCUT2D eigenvalue weighted by Gasteiger charge is 2.13. The van der Waals surface area contributed by atoms with Crippen LogP contribution in [0, 0.1) is 0 Å². The number of carbonyl (C=O) groups excluding carboxylic acids is 1. The van der Waals surface area contributed by atoms with Crippen LogP contribution in [0.4, 0.5) is 0 Å². The molecule has 0 saturated carbocycles. The zero-order chi connectivity index (χ0) is 13.1. The Labute approximate surface area is 105 Å². The van der Waals surface area contributed by atoms with E-state index in [1.54, 1.807) is 20.3 Å². The molecule has 0 N–H and O–H groups in total. The summed E-state index contributed by atoms with van der Waals surface area (Å²) in [5, 5.41) is 1.67. The van der Waals surface area contributed by atoms with E-state index < -0.39 is 0 Å². The van der Waals surface area contributed by atoms with Crippen LogP contribution in [0.5, 0.6) is 17.2 Å². The Hall–Kier alpha value is -2.23. The van der Waals surface area contributed by atoms with Gasteiger partial charge >= 0.3 is 0 Å². The highest BCUT2D eigenvalue weighted by molar-refractivity contribution is 6.00. The van der Waals surface area contributed by atoms with Gasteiger partial charge in [-0.25, -0.2) is 0 Å². The molecule has 0 radical (unpaired) electrons. The van der Waals surface area contributed by atoms with E-state index in [1.165, 1.54) is 7.11 Å². The molecule has 0 fully saturated rings. The Morgan fingerprint density at radius 2 is 1.72 bits per heavy atom. The van der Waals surface area contributed by atoms with Gasteiger partial charge in [0.25, 0.3) is 0 Å². The van der Waals surface area contributed by atoms with Crippen molar-refractivity contribution in [1.29, 1.82) is 0 Å². The van der Waals surface area contributed by atoms with Crippen molar-refractivity contribution >= 4 is 17.1 Å². The topological polar surface area (TPSA) is 44.8 Å². The minimum atomic E-state index is 0.454. The van der Waals surface area contributed by atoms with Gasteiger partial charge in [0.15, 0.2) is 6.29 Å². The second-order valence-corrected chi connectivity index (χ2v) is 3.73. The number of fused-ring (bicyclic) bond motifs is 1. The summed E-state index contributed by atoms with van der Waals surface area (Å²) >= 11 is 0. The summed E-state index contributed by atoms with van der Waals surface area (Å²) in [5.74, 6) is 1.86. The molecule has 4 nitrogen and oxygen atoms in total. The maximum atomic E-state index is 11.1. The monoisotopic (exact) mass is 246 g/mol. The number of carbonyl (C=O) groups is 1. The number of hydrogen-bond donors (Lipinski definition) is 0. The first kappa shape index (κ1) is 12.2. The van der Waals surface area contributed by atoms with Gasteiger partial charge in [-0.1, -0.05) is 0 Å².